The van der Waals surface area contributed by atoms with Crippen molar-refractivity contribution >= 4 is 49.8 Å². The van der Waals surface area contributed by atoms with Crippen molar-refractivity contribution < 1.29 is 4.79 Å². The lowest BCUT2D eigenvalue weighted by molar-refractivity contribution is 0.0952. The van der Waals surface area contributed by atoms with Crippen LogP contribution in [0.2, 0.25) is 5.15 Å². The molecule has 1 aromatic carbocycles. The van der Waals surface area contributed by atoms with Gasteiger partial charge in [0.05, 0.1) is 10.4 Å². The highest BCUT2D eigenvalue weighted by Gasteiger charge is 2.15. The van der Waals surface area contributed by atoms with Crippen LogP contribution in [0.4, 0.5) is 0 Å². The van der Waals surface area contributed by atoms with Crippen LogP contribution in [0.15, 0.2) is 30.3 Å². The predicted octanol–water partition coefficient (Wildman–Crippen LogP) is 4.95. The number of halogens is 1. The normalized spacial score (nSPS) is 11.5. The van der Waals surface area contributed by atoms with Gasteiger partial charge in [0.15, 0.2) is 0 Å². The van der Waals surface area contributed by atoms with E-state index < -0.39 is 0 Å². The molecule has 0 saturated carbocycles. The number of pyridine rings is 1. The molecule has 0 aliphatic carbocycles. The molecule has 3 rings (SSSR count). The summed E-state index contributed by atoms with van der Waals surface area (Å²) in [4.78, 5) is 20.1. The molecule has 0 fully saturated rings. The number of amides is 1. The Bertz CT molecular complexity index is 903. The van der Waals surface area contributed by atoms with Crippen molar-refractivity contribution in [1.29, 1.82) is 0 Å². The summed E-state index contributed by atoms with van der Waals surface area (Å²) in [5.74, 6) is -0.0423. The zero-order valence-corrected chi connectivity index (χ0v) is 16.8. The topological polar surface area (TPSA) is 45.2 Å². The number of hydrogen-bond donors (Lipinski definition) is 1. The molecule has 0 radical (unpaired) electrons. The number of benzene rings is 1. The molecule has 0 bridgehead atoms. The molecule has 0 spiro atoms. The zero-order chi connectivity index (χ0) is 18.5. The molecule has 26 heavy (non-hydrogen) atoms. The van der Waals surface area contributed by atoms with E-state index in [1.165, 1.54) is 11.3 Å². The van der Waals surface area contributed by atoms with Crippen molar-refractivity contribution in [2.24, 2.45) is 0 Å². The number of hydrogen-bond acceptors (Lipinski definition) is 4. The highest BCUT2D eigenvalue weighted by Crippen LogP contribution is 2.35. The standard InChI is InChI=1S/C20H24ClN3OS/c1-3-10-24(11-4-2)12-9-22-20(25)17-13-15-18(26-17)14-7-5-6-8-16(14)23-19(15)21/h5-8,13H,3-4,9-12H2,1-2H3,(H,22,25). The Hall–Kier alpha value is -1.69. The van der Waals surface area contributed by atoms with Gasteiger partial charge >= 0.3 is 0 Å². The first-order chi connectivity index (χ1) is 12.6. The summed E-state index contributed by atoms with van der Waals surface area (Å²) in [6.45, 7) is 8.03. The van der Waals surface area contributed by atoms with E-state index in [0.29, 0.717) is 16.6 Å². The van der Waals surface area contributed by atoms with Crippen molar-refractivity contribution in [3.8, 4) is 0 Å². The minimum Gasteiger partial charge on any atom is -0.350 e. The van der Waals surface area contributed by atoms with E-state index in [9.17, 15) is 4.79 Å². The molecule has 4 nitrogen and oxygen atoms in total. The number of nitrogens with zero attached hydrogens (tertiary/aromatic N) is 2. The van der Waals surface area contributed by atoms with E-state index in [1.54, 1.807) is 0 Å². The Kier molecular flexibility index (Phi) is 6.46. The quantitative estimate of drug-likeness (QED) is 0.554. The third kappa shape index (κ3) is 4.17. The maximum Gasteiger partial charge on any atom is 0.261 e. The van der Waals surface area contributed by atoms with Gasteiger partial charge in [-0.05, 0) is 38.1 Å². The predicted molar refractivity (Wildman–Crippen MR) is 111 cm³/mol. The van der Waals surface area contributed by atoms with Crippen molar-refractivity contribution in [1.82, 2.24) is 15.2 Å². The maximum atomic E-state index is 12.6. The molecule has 138 valence electrons. The average molecular weight is 390 g/mol. The molecule has 2 aromatic heterocycles. The second kappa shape index (κ2) is 8.80. The monoisotopic (exact) mass is 389 g/mol. The average Bonchev–Trinajstić information content (AvgIpc) is 3.08. The third-order valence-corrected chi connectivity index (χ3v) is 5.79. The summed E-state index contributed by atoms with van der Waals surface area (Å²) in [5.41, 5.74) is 0.855. The summed E-state index contributed by atoms with van der Waals surface area (Å²) in [6.07, 6.45) is 2.26. The van der Waals surface area contributed by atoms with Crippen LogP contribution in [0.3, 0.4) is 0 Å². The molecular weight excluding hydrogens is 366 g/mol. The second-order valence-corrected chi connectivity index (χ2v) is 7.78. The van der Waals surface area contributed by atoms with Gasteiger partial charge in [-0.2, -0.15) is 0 Å². The lowest BCUT2D eigenvalue weighted by Crippen LogP contribution is -2.35. The van der Waals surface area contributed by atoms with Crippen LogP contribution in [0, 0.1) is 0 Å². The van der Waals surface area contributed by atoms with Gasteiger partial charge in [0.2, 0.25) is 0 Å². The van der Waals surface area contributed by atoms with Gasteiger partial charge in [-0.25, -0.2) is 4.98 Å². The van der Waals surface area contributed by atoms with Crippen LogP contribution in [0.5, 0.6) is 0 Å². The molecule has 6 heteroatoms. The number of para-hydroxylation sites is 1. The van der Waals surface area contributed by atoms with Crippen LogP contribution in [-0.4, -0.2) is 42.0 Å². The van der Waals surface area contributed by atoms with E-state index in [1.807, 2.05) is 30.3 Å². The van der Waals surface area contributed by atoms with Gasteiger partial charge in [0.1, 0.15) is 5.15 Å². The number of rotatable bonds is 8. The third-order valence-electron chi connectivity index (χ3n) is 4.34. The fourth-order valence-electron chi connectivity index (χ4n) is 3.17. The lowest BCUT2D eigenvalue weighted by Gasteiger charge is -2.20. The molecule has 0 aliphatic rings. The lowest BCUT2D eigenvalue weighted by atomic mass is 10.2. The van der Waals surface area contributed by atoms with Crippen LogP contribution in [0.1, 0.15) is 36.4 Å². The first-order valence-electron chi connectivity index (χ1n) is 9.12. The molecular formula is C20H24ClN3OS. The van der Waals surface area contributed by atoms with Crippen LogP contribution in [-0.2, 0) is 0 Å². The Balaban J connectivity index is 1.75. The molecule has 0 aliphatic heterocycles. The zero-order valence-electron chi connectivity index (χ0n) is 15.2. The molecule has 0 atom stereocenters. The minimum atomic E-state index is -0.0423. The second-order valence-electron chi connectivity index (χ2n) is 6.37. The summed E-state index contributed by atoms with van der Waals surface area (Å²) in [5, 5.41) is 5.37. The van der Waals surface area contributed by atoms with E-state index in [4.69, 9.17) is 11.6 Å². The van der Waals surface area contributed by atoms with Crippen molar-refractivity contribution in [3.63, 3.8) is 0 Å². The maximum absolute atomic E-state index is 12.6. The Morgan fingerprint density at radius 1 is 1.15 bits per heavy atom. The molecule has 1 N–H and O–H groups in total. The number of carbonyl (C=O) groups excluding carboxylic acids is 1. The highest BCUT2D eigenvalue weighted by molar-refractivity contribution is 7.21. The molecule has 3 aromatic rings. The molecule has 2 heterocycles. The number of thiophene rings is 1. The Labute approximate surface area is 163 Å². The van der Waals surface area contributed by atoms with Gasteiger partial charge in [0.25, 0.3) is 5.91 Å². The van der Waals surface area contributed by atoms with Gasteiger partial charge in [0, 0.05) is 28.6 Å². The van der Waals surface area contributed by atoms with Gasteiger partial charge in [-0.1, -0.05) is 43.6 Å². The van der Waals surface area contributed by atoms with E-state index in [0.717, 1.165) is 53.5 Å². The van der Waals surface area contributed by atoms with Crippen LogP contribution in [0.25, 0.3) is 21.0 Å². The van der Waals surface area contributed by atoms with Gasteiger partial charge < -0.3 is 10.2 Å². The minimum absolute atomic E-state index is 0.0423. The van der Waals surface area contributed by atoms with E-state index in [-0.39, 0.29) is 5.91 Å². The summed E-state index contributed by atoms with van der Waals surface area (Å²) < 4.78 is 1.02. The van der Waals surface area contributed by atoms with Crippen molar-refractivity contribution in [2.75, 3.05) is 26.2 Å². The smallest absolute Gasteiger partial charge is 0.261 e. The first-order valence-corrected chi connectivity index (χ1v) is 10.3. The largest absolute Gasteiger partial charge is 0.350 e. The number of nitrogens with one attached hydrogen (secondary N) is 1. The van der Waals surface area contributed by atoms with Crippen LogP contribution >= 0.6 is 22.9 Å². The Morgan fingerprint density at radius 3 is 2.62 bits per heavy atom. The van der Waals surface area contributed by atoms with Gasteiger partial charge in [-0.3, -0.25) is 4.79 Å². The summed E-state index contributed by atoms with van der Waals surface area (Å²) >= 11 is 7.80. The molecule has 0 unspecified atom stereocenters. The fourth-order valence-corrected chi connectivity index (χ4v) is 4.57. The van der Waals surface area contributed by atoms with Crippen molar-refractivity contribution in [2.45, 2.75) is 26.7 Å². The fraction of sp³-hybridized carbons (Fsp3) is 0.400. The molecule has 1 amide bonds. The van der Waals surface area contributed by atoms with Crippen LogP contribution < -0.4 is 5.32 Å². The summed E-state index contributed by atoms with van der Waals surface area (Å²) in [6, 6.07) is 9.74. The number of aromatic nitrogens is 1. The Morgan fingerprint density at radius 2 is 1.88 bits per heavy atom. The number of fused-ring (bicyclic) bond motifs is 3. The first kappa shape index (κ1) is 19.1. The van der Waals surface area contributed by atoms with Gasteiger partial charge in [-0.15, -0.1) is 11.3 Å². The highest BCUT2D eigenvalue weighted by atomic mass is 35.5. The van der Waals surface area contributed by atoms with E-state index >= 15 is 0 Å². The molecule has 0 saturated heterocycles. The SMILES string of the molecule is CCCN(CCC)CCNC(=O)c1cc2c(Cl)nc3ccccc3c2s1. The van der Waals surface area contributed by atoms with Crippen molar-refractivity contribution in [3.05, 3.63) is 40.4 Å². The van der Waals surface area contributed by atoms with E-state index in [2.05, 4.69) is 29.0 Å². The summed E-state index contributed by atoms with van der Waals surface area (Å²) in [7, 11) is 0. The number of carbonyl (C=O) groups is 1.